The number of aliphatic imine (C=N–C) groups is 1. The van der Waals surface area contributed by atoms with Crippen molar-refractivity contribution in [1.82, 2.24) is 5.32 Å². The summed E-state index contributed by atoms with van der Waals surface area (Å²) in [5.41, 5.74) is 8.85. The molecule has 0 bridgehead atoms. The number of benzene rings is 1. The second kappa shape index (κ2) is 15.3. The maximum absolute atomic E-state index is 11.5. The smallest absolute Gasteiger partial charge is 0.190 e. The lowest BCUT2D eigenvalue weighted by Gasteiger charge is -2.64. The Kier molecular flexibility index (Phi) is 10.7. The lowest BCUT2D eigenvalue weighted by atomic mass is 9.40. The van der Waals surface area contributed by atoms with E-state index >= 15 is 0 Å². The van der Waals surface area contributed by atoms with Crippen molar-refractivity contribution in [3.05, 3.63) is 48.4 Å². The predicted molar refractivity (Wildman–Crippen MR) is 222 cm³/mol. The number of rotatable bonds is 10. The second-order valence-electron chi connectivity index (χ2n) is 20.7. The summed E-state index contributed by atoms with van der Waals surface area (Å²) in [6.45, 7) is 7.94. The Labute approximate surface area is 335 Å². The van der Waals surface area contributed by atoms with Crippen molar-refractivity contribution in [3.63, 3.8) is 0 Å². The normalized spacial score (nSPS) is 42.4. The van der Waals surface area contributed by atoms with Gasteiger partial charge in [0, 0.05) is 35.1 Å². The maximum Gasteiger partial charge on any atom is 0.190 e. The third-order valence-corrected chi connectivity index (χ3v) is 17.4. The Morgan fingerprint density at radius 3 is 2.68 bits per heavy atom. The molecule has 1 aromatic carbocycles. The van der Waals surface area contributed by atoms with E-state index in [9.17, 15) is 15.3 Å². The van der Waals surface area contributed by atoms with Crippen molar-refractivity contribution < 1.29 is 24.5 Å². The van der Waals surface area contributed by atoms with Gasteiger partial charge in [0.05, 0.1) is 35.9 Å². The number of guanidine groups is 1. The number of aliphatic hydroxyl groups is 3. The van der Waals surface area contributed by atoms with E-state index in [1.165, 1.54) is 81.8 Å². The largest absolute Gasteiger partial charge is 0.471 e. The summed E-state index contributed by atoms with van der Waals surface area (Å²) in [5.74, 6) is 3.75. The van der Waals surface area contributed by atoms with Gasteiger partial charge in [0.15, 0.2) is 5.96 Å². The van der Waals surface area contributed by atoms with E-state index in [1.54, 1.807) is 12.5 Å². The Morgan fingerprint density at radius 1 is 0.982 bits per heavy atom. The fourth-order valence-electron chi connectivity index (χ4n) is 14.6. The molecular formula is C48H71N3O5. The van der Waals surface area contributed by atoms with Gasteiger partial charge in [-0.1, -0.05) is 49.6 Å². The van der Waals surface area contributed by atoms with E-state index in [2.05, 4.69) is 35.4 Å². The van der Waals surface area contributed by atoms with Crippen molar-refractivity contribution in [2.24, 2.45) is 57.1 Å². The molecule has 2 heterocycles. The highest BCUT2D eigenvalue weighted by Gasteiger charge is 2.68. The van der Waals surface area contributed by atoms with Crippen molar-refractivity contribution in [2.45, 2.75) is 178 Å². The first-order valence-electron chi connectivity index (χ1n) is 22.9. The van der Waals surface area contributed by atoms with Crippen molar-refractivity contribution in [3.8, 4) is 0 Å². The number of aliphatic hydroxyl groups excluding tert-OH is 2. The zero-order valence-electron chi connectivity index (χ0n) is 34.2. The topological polar surface area (TPSA) is 137 Å². The average molecular weight is 770 g/mol. The van der Waals surface area contributed by atoms with Gasteiger partial charge >= 0.3 is 0 Å². The third-order valence-electron chi connectivity index (χ3n) is 17.4. The van der Waals surface area contributed by atoms with Crippen LogP contribution >= 0.6 is 0 Å². The van der Waals surface area contributed by atoms with Gasteiger partial charge in [-0.15, -0.1) is 0 Å². The van der Waals surface area contributed by atoms with E-state index in [0.717, 1.165) is 80.9 Å². The van der Waals surface area contributed by atoms with Gasteiger partial charge in [-0.3, -0.25) is 4.99 Å². The quantitative estimate of drug-likeness (QED) is 0.0535. The minimum absolute atomic E-state index is 0.0378. The molecule has 6 aliphatic carbocycles. The molecule has 7 aliphatic rings. The van der Waals surface area contributed by atoms with Crippen LogP contribution < -0.4 is 11.1 Å². The molecule has 1 aromatic heterocycles. The minimum atomic E-state index is -0.690. The van der Waals surface area contributed by atoms with Crippen LogP contribution in [0, 0.1) is 46.3 Å². The number of ether oxygens (including phenoxy) is 1. The number of furan rings is 1. The zero-order valence-corrected chi connectivity index (χ0v) is 34.2. The molecule has 7 fully saturated rings. The number of hydrogen-bond acceptors (Lipinski definition) is 6. The number of fused-ring (bicyclic) bond motifs is 4. The van der Waals surface area contributed by atoms with Crippen molar-refractivity contribution in [2.75, 3.05) is 6.54 Å². The highest BCUT2D eigenvalue weighted by molar-refractivity contribution is 5.84. The molecule has 2 aromatic rings. The lowest BCUT2D eigenvalue weighted by molar-refractivity contribution is -0.139. The summed E-state index contributed by atoms with van der Waals surface area (Å²) in [5, 5.41) is 38.6. The Morgan fingerprint density at radius 2 is 1.84 bits per heavy atom. The van der Waals surface area contributed by atoms with E-state index in [0.29, 0.717) is 54.1 Å². The molecule has 0 unspecified atom stereocenters. The number of nitrogens with two attached hydrogens (primary N) is 1. The molecule has 1 spiro atoms. The number of epoxide rings is 1. The second-order valence-corrected chi connectivity index (χ2v) is 20.7. The van der Waals surface area contributed by atoms with Crippen LogP contribution in [0.3, 0.4) is 0 Å². The molecule has 6 N–H and O–H groups in total. The monoisotopic (exact) mass is 770 g/mol. The highest BCUT2D eigenvalue weighted by atomic mass is 16.6. The molecule has 8 heteroatoms. The first kappa shape index (κ1) is 39.1. The molecule has 1 saturated heterocycles. The number of nitrogens with one attached hydrogen (secondary N) is 1. The van der Waals surface area contributed by atoms with Crippen LogP contribution in [0.5, 0.6) is 0 Å². The van der Waals surface area contributed by atoms with Crippen LogP contribution in [0.2, 0.25) is 0 Å². The van der Waals surface area contributed by atoms with Gasteiger partial charge in [-0.05, 0) is 163 Å². The summed E-state index contributed by atoms with van der Waals surface area (Å²) in [6, 6.07) is 6.22. The third kappa shape index (κ3) is 7.30. The Balaban J connectivity index is 0.861. The number of allylic oxidation sites excluding steroid dienone is 1. The van der Waals surface area contributed by atoms with E-state index < -0.39 is 11.8 Å². The number of hydrogen-bond donors (Lipinski definition) is 5. The maximum atomic E-state index is 11.5. The van der Waals surface area contributed by atoms with Crippen LogP contribution in [0.4, 0.5) is 0 Å². The molecule has 8 nitrogen and oxygen atoms in total. The van der Waals surface area contributed by atoms with Crippen molar-refractivity contribution >= 4 is 16.7 Å². The SMILES string of the molecule is C=C1C[C@@]2(CC[C@H](CC[C@@]3(O)CCC[C@H](O)C3)C2)[C@@H]2O[C@]2(C)CC[C@@H]2[C@@H]1C[C@]2(C1CCCCC1)[C@@H]1CC[C@H]([C@H](O)NC(N)=NCCc2cccc3cocc23)C1. The summed E-state index contributed by atoms with van der Waals surface area (Å²) in [4.78, 5) is 4.62. The molecule has 6 saturated carbocycles. The standard InChI is InChI=1S/C48H71N3O5/c1-31-25-46(21-15-32(26-46)16-22-47(54)19-7-12-38(52)27-47)43-45(2,56-43)20-17-41-39(31)28-48(41,36-10-4-3-5-11-36)37-14-13-34(24-37)42(53)51-44(49)50-23-18-33-8-6-9-35-29-55-30-40(33)35/h6,8-9,29-30,32,34,36-39,41-43,52-54H,1,3-5,7,10-28H2,2H3,(H3,49,50,51)/t32-,34+,37-,38+,39-,41-,42+,43-,45-,46-,47+,48+/m1/s1. The molecule has 1 aliphatic heterocycles. The van der Waals surface area contributed by atoms with E-state index in [1.807, 2.05) is 0 Å². The highest BCUT2D eigenvalue weighted by Crippen LogP contribution is 2.72. The molecule has 56 heavy (non-hydrogen) atoms. The summed E-state index contributed by atoms with van der Waals surface area (Å²) < 4.78 is 12.3. The fraction of sp³-hybridized carbons (Fsp3) is 0.771. The van der Waals surface area contributed by atoms with Crippen LogP contribution in [0.25, 0.3) is 10.8 Å². The molecular weight excluding hydrogens is 699 g/mol. The van der Waals surface area contributed by atoms with Gasteiger partial charge in [0.1, 0.15) is 6.23 Å². The molecule has 0 amide bonds. The molecule has 12 atom stereocenters. The first-order valence-corrected chi connectivity index (χ1v) is 22.9. The zero-order chi connectivity index (χ0) is 38.7. The lowest BCUT2D eigenvalue weighted by Crippen LogP contribution is -2.57. The van der Waals surface area contributed by atoms with Gasteiger partial charge in [-0.2, -0.15) is 0 Å². The molecule has 9 rings (SSSR count). The summed E-state index contributed by atoms with van der Waals surface area (Å²) >= 11 is 0. The van der Waals surface area contributed by atoms with Crippen LogP contribution in [0.15, 0.2) is 52.3 Å². The van der Waals surface area contributed by atoms with Gasteiger partial charge < -0.3 is 35.5 Å². The Bertz CT molecular complexity index is 1750. The minimum Gasteiger partial charge on any atom is -0.471 e. The van der Waals surface area contributed by atoms with Crippen molar-refractivity contribution in [1.29, 1.82) is 0 Å². The molecule has 308 valence electrons. The molecule has 0 radical (unpaired) electrons. The van der Waals surface area contributed by atoms with Gasteiger partial charge in [0.25, 0.3) is 0 Å². The average Bonchev–Trinajstić information content (AvgIpc) is 3.63. The number of nitrogens with zero attached hydrogens (tertiary/aromatic N) is 1. The van der Waals surface area contributed by atoms with Crippen LogP contribution in [0.1, 0.15) is 147 Å². The van der Waals surface area contributed by atoms with Gasteiger partial charge in [0.2, 0.25) is 0 Å². The van der Waals surface area contributed by atoms with Gasteiger partial charge in [-0.25, -0.2) is 0 Å². The van der Waals surface area contributed by atoms with Crippen LogP contribution in [-0.2, 0) is 11.2 Å². The van der Waals surface area contributed by atoms with Crippen LogP contribution in [-0.4, -0.2) is 57.5 Å². The van der Waals surface area contributed by atoms with E-state index in [-0.39, 0.29) is 23.0 Å². The Hall–Kier alpha value is -2.39. The summed E-state index contributed by atoms with van der Waals surface area (Å²) in [7, 11) is 0. The van der Waals surface area contributed by atoms with E-state index in [4.69, 9.17) is 21.5 Å². The fourth-order valence-corrected chi connectivity index (χ4v) is 14.6. The first-order chi connectivity index (χ1) is 27.0. The summed E-state index contributed by atoms with van der Waals surface area (Å²) in [6.07, 6.45) is 27.1. The predicted octanol–water partition coefficient (Wildman–Crippen LogP) is 8.95.